The zero-order valence-electron chi connectivity index (χ0n) is 14.4. The van der Waals surface area contributed by atoms with Crippen LogP contribution in [0.25, 0.3) is 0 Å². The van der Waals surface area contributed by atoms with E-state index in [4.69, 9.17) is 17.0 Å². The second-order valence-electron chi connectivity index (χ2n) is 5.92. The molecule has 1 unspecified atom stereocenters. The molecule has 0 saturated heterocycles. The van der Waals surface area contributed by atoms with Gasteiger partial charge < -0.3 is 15.4 Å². The van der Waals surface area contributed by atoms with Gasteiger partial charge in [0, 0.05) is 0 Å². The van der Waals surface area contributed by atoms with E-state index in [2.05, 4.69) is 5.32 Å². The summed E-state index contributed by atoms with van der Waals surface area (Å²) < 4.78 is 45.1. The number of imide groups is 1. The summed E-state index contributed by atoms with van der Waals surface area (Å²) in [5.41, 5.74) is -1.88. The Balaban J connectivity index is 2.00. The molecule has 0 spiro atoms. The summed E-state index contributed by atoms with van der Waals surface area (Å²) in [4.78, 5) is 38.1. The number of fused-ring (bicyclic) bond motifs is 1. The first-order chi connectivity index (χ1) is 13.1. The maximum absolute atomic E-state index is 13.5. The highest BCUT2D eigenvalue weighted by molar-refractivity contribution is 7.80. The Kier molecular flexibility index (Phi) is 5.11. The van der Waals surface area contributed by atoms with Crippen molar-refractivity contribution in [2.75, 3.05) is 13.2 Å². The Bertz CT molecular complexity index is 878. The maximum atomic E-state index is 13.5. The number of hydrogen-bond acceptors (Lipinski definition) is 5. The van der Waals surface area contributed by atoms with E-state index in [1.807, 2.05) is 5.32 Å². The number of nitrogens with one attached hydrogen (secondary N) is 2. The van der Waals surface area contributed by atoms with Gasteiger partial charge in [0.2, 0.25) is 0 Å². The van der Waals surface area contributed by atoms with Crippen LogP contribution in [-0.4, -0.2) is 53.2 Å². The van der Waals surface area contributed by atoms with E-state index in [9.17, 15) is 27.6 Å². The molecule has 148 valence electrons. The number of amides is 2. The summed E-state index contributed by atoms with van der Waals surface area (Å²) in [6.45, 7) is 0.763. The second kappa shape index (κ2) is 7.23. The summed E-state index contributed by atoms with van der Waals surface area (Å²) >= 11 is 4.81. The van der Waals surface area contributed by atoms with E-state index in [0.717, 1.165) is 4.90 Å². The van der Waals surface area contributed by atoms with Crippen LogP contribution in [0, 0.1) is 0 Å². The van der Waals surface area contributed by atoms with E-state index >= 15 is 0 Å². The average Bonchev–Trinajstić information content (AvgIpc) is 2.86. The van der Waals surface area contributed by atoms with Crippen molar-refractivity contribution in [1.29, 1.82) is 0 Å². The van der Waals surface area contributed by atoms with Crippen LogP contribution in [0.3, 0.4) is 0 Å². The predicted molar refractivity (Wildman–Crippen MR) is 94.2 cm³/mol. The zero-order chi connectivity index (χ0) is 20.6. The number of esters is 1. The summed E-state index contributed by atoms with van der Waals surface area (Å²) in [6, 6.07) is 4.64. The Labute approximate surface area is 162 Å². The molecule has 2 aliphatic rings. The number of thiocarbonyl (C=S) groups is 1. The van der Waals surface area contributed by atoms with E-state index in [1.54, 1.807) is 12.1 Å². The highest BCUT2D eigenvalue weighted by Crippen LogP contribution is 2.31. The SMILES string of the molecule is CCOC(=O)C1=C(C(F)(F)F)NC(=S)NC1CN1C(=O)c2ccccc2C1=O. The Hall–Kier alpha value is -2.95. The van der Waals surface area contributed by atoms with Crippen molar-refractivity contribution >= 4 is 35.1 Å². The lowest BCUT2D eigenvalue weighted by Crippen LogP contribution is -2.57. The molecule has 0 bridgehead atoms. The fourth-order valence-corrected chi connectivity index (χ4v) is 3.27. The molecule has 2 aliphatic heterocycles. The molecule has 3 rings (SSSR count). The molecule has 1 aromatic carbocycles. The summed E-state index contributed by atoms with van der Waals surface area (Å²) in [5, 5.41) is 4.06. The van der Waals surface area contributed by atoms with Crippen LogP contribution < -0.4 is 10.6 Å². The third kappa shape index (κ3) is 3.44. The molecule has 1 aromatic rings. The zero-order valence-corrected chi connectivity index (χ0v) is 15.2. The van der Waals surface area contributed by atoms with Crippen LogP contribution in [0.4, 0.5) is 13.2 Å². The number of halogens is 3. The number of rotatable bonds is 4. The summed E-state index contributed by atoms with van der Waals surface area (Å²) in [5.74, 6) is -2.55. The van der Waals surface area contributed by atoms with Gasteiger partial charge in [-0.05, 0) is 31.3 Å². The van der Waals surface area contributed by atoms with Crippen LogP contribution in [0.5, 0.6) is 0 Å². The van der Waals surface area contributed by atoms with E-state index < -0.39 is 47.8 Å². The molecular formula is C17H14F3N3O4S. The van der Waals surface area contributed by atoms with Crippen molar-refractivity contribution < 1.29 is 32.3 Å². The minimum absolute atomic E-state index is 0.140. The van der Waals surface area contributed by atoms with Crippen molar-refractivity contribution in [2.45, 2.75) is 19.1 Å². The molecule has 0 aromatic heterocycles. The summed E-state index contributed by atoms with van der Waals surface area (Å²) in [6.07, 6.45) is -4.92. The lowest BCUT2D eigenvalue weighted by atomic mass is 10.0. The molecule has 0 fully saturated rings. The van der Waals surface area contributed by atoms with Gasteiger partial charge in [-0.2, -0.15) is 13.2 Å². The van der Waals surface area contributed by atoms with Gasteiger partial charge in [0.25, 0.3) is 11.8 Å². The van der Waals surface area contributed by atoms with Crippen molar-refractivity contribution in [3.05, 3.63) is 46.7 Å². The van der Waals surface area contributed by atoms with E-state index in [-0.39, 0.29) is 22.8 Å². The van der Waals surface area contributed by atoms with Crippen LogP contribution in [0.15, 0.2) is 35.5 Å². The first kappa shape index (κ1) is 19.8. The van der Waals surface area contributed by atoms with E-state index in [1.165, 1.54) is 19.1 Å². The minimum Gasteiger partial charge on any atom is -0.463 e. The molecule has 2 amide bonds. The quantitative estimate of drug-likeness (QED) is 0.440. The van der Waals surface area contributed by atoms with Crippen LogP contribution in [0.2, 0.25) is 0 Å². The van der Waals surface area contributed by atoms with Crippen LogP contribution >= 0.6 is 12.2 Å². The molecule has 0 radical (unpaired) electrons. The van der Waals surface area contributed by atoms with Gasteiger partial charge >= 0.3 is 12.1 Å². The molecule has 0 saturated carbocycles. The topological polar surface area (TPSA) is 87.7 Å². The number of ether oxygens (including phenoxy) is 1. The predicted octanol–water partition coefficient (Wildman–Crippen LogP) is 1.51. The molecule has 0 aliphatic carbocycles. The minimum atomic E-state index is -4.92. The number of carbonyl (C=O) groups excluding carboxylic acids is 3. The van der Waals surface area contributed by atoms with Gasteiger partial charge in [-0.25, -0.2) is 4.79 Å². The summed E-state index contributed by atoms with van der Waals surface area (Å²) in [7, 11) is 0. The molecule has 28 heavy (non-hydrogen) atoms. The van der Waals surface area contributed by atoms with Gasteiger partial charge in [-0.15, -0.1) is 0 Å². The molecular weight excluding hydrogens is 399 g/mol. The number of nitrogens with zero attached hydrogens (tertiary/aromatic N) is 1. The number of hydrogen-bond donors (Lipinski definition) is 2. The number of alkyl halides is 3. The van der Waals surface area contributed by atoms with Gasteiger partial charge in [-0.1, -0.05) is 12.1 Å². The second-order valence-corrected chi connectivity index (χ2v) is 6.33. The van der Waals surface area contributed by atoms with Crippen molar-refractivity contribution in [3.8, 4) is 0 Å². The molecule has 11 heteroatoms. The monoisotopic (exact) mass is 413 g/mol. The van der Waals surface area contributed by atoms with Crippen molar-refractivity contribution in [3.63, 3.8) is 0 Å². The third-order valence-corrected chi connectivity index (χ3v) is 4.40. The fourth-order valence-electron chi connectivity index (χ4n) is 3.02. The maximum Gasteiger partial charge on any atom is 0.431 e. The molecule has 7 nitrogen and oxygen atoms in total. The largest absolute Gasteiger partial charge is 0.463 e. The van der Waals surface area contributed by atoms with Crippen molar-refractivity contribution in [2.24, 2.45) is 0 Å². The normalized spacial score (nSPS) is 19.4. The highest BCUT2D eigenvalue weighted by Gasteiger charge is 2.46. The average molecular weight is 413 g/mol. The number of allylic oxidation sites excluding steroid dienone is 1. The van der Waals surface area contributed by atoms with Gasteiger partial charge in [0.1, 0.15) is 5.70 Å². The Morgan fingerprint density at radius 1 is 1.21 bits per heavy atom. The molecule has 1 atom stereocenters. The number of benzene rings is 1. The Morgan fingerprint density at radius 3 is 2.29 bits per heavy atom. The van der Waals surface area contributed by atoms with Gasteiger partial charge in [-0.3, -0.25) is 14.5 Å². The molecule has 2 N–H and O–H groups in total. The van der Waals surface area contributed by atoms with Crippen LogP contribution in [0.1, 0.15) is 27.6 Å². The lowest BCUT2D eigenvalue weighted by molar-refractivity contribution is -0.140. The molecule has 2 heterocycles. The van der Waals surface area contributed by atoms with E-state index in [0.29, 0.717) is 0 Å². The fraction of sp³-hybridized carbons (Fsp3) is 0.294. The van der Waals surface area contributed by atoms with Crippen molar-refractivity contribution in [1.82, 2.24) is 15.5 Å². The third-order valence-electron chi connectivity index (χ3n) is 4.18. The van der Waals surface area contributed by atoms with Crippen LogP contribution in [-0.2, 0) is 9.53 Å². The van der Waals surface area contributed by atoms with Gasteiger partial charge in [0.05, 0.1) is 35.9 Å². The highest BCUT2D eigenvalue weighted by atomic mass is 32.1. The standard InChI is InChI=1S/C17H14F3N3O4S/c1-2-27-15(26)11-10(21-16(28)22-12(11)17(18,19)20)7-23-13(24)8-5-3-4-6-9(8)14(23)25/h3-6,10H,2,7H2,1H3,(H2,21,22,28). The van der Waals surface area contributed by atoms with Gasteiger partial charge in [0.15, 0.2) is 5.11 Å². The Morgan fingerprint density at radius 2 is 1.79 bits per heavy atom. The first-order valence-electron chi connectivity index (χ1n) is 8.16. The number of carbonyl (C=O) groups is 3. The smallest absolute Gasteiger partial charge is 0.431 e. The lowest BCUT2D eigenvalue weighted by Gasteiger charge is -2.33. The first-order valence-corrected chi connectivity index (χ1v) is 8.57.